The summed E-state index contributed by atoms with van der Waals surface area (Å²) in [5.41, 5.74) is 4.17. The van der Waals surface area contributed by atoms with E-state index < -0.39 is 0 Å². The highest BCUT2D eigenvalue weighted by atomic mass is 16.6. The zero-order chi connectivity index (χ0) is 22.6. The van der Waals surface area contributed by atoms with Gasteiger partial charge in [0.2, 0.25) is 0 Å². The molecule has 0 saturated carbocycles. The molecule has 0 fully saturated rings. The van der Waals surface area contributed by atoms with E-state index in [-0.39, 0.29) is 0 Å². The van der Waals surface area contributed by atoms with Gasteiger partial charge in [0.1, 0.15) is 24.7 Å². The van der Waals surface area contributed by atoms with Crippen LogP contribution < -0.4 is 9.47 Å². The third-order valence-electron chi connectivity index (χ3n) is 5.20. The molecule has 5 nitrogen and oxygen atoms in total. The molecule has 4 rings (SSSR count). The van der Waals surface area contributed by atoms with Gasteiger partial charge in [-0.05, 0) is 35.4 Å². The fraction of sp³-hybridized carbons (Fsp3) is 0.357. The zero-order valence-corrected chi connectivity index (χ0v) is 18.7. The minimum absolute atomic E-state index is 0.437. The summed E-state index contributed by atoms with van der Waals surface area (Å²) in [4.78, 5) is 0. The summed E-state index contributed by atoms with van der Waals surface area (Å²) in [6, 6.07) is 12.2. The van der Waals surface area contributed by atoms with E-state index in [1.807, 2.05) is 24.3 Å². The van der Waals surface area contributed by atoms with E-state index in [0.717, 1.165) is 33.8 Å². The maximum Gasteiger partial charge on any atom is 0.127 e. The number of hydrogen-bond acceptors (Lipinski definition) is 5. The Bertz CT molecular complexity index is 995. The Hall–Kier alpha value is -3.22. The van der Waals surface area contributed by atoms with E-state index in [2.05, 4.69) is 35.8 Å². The number of benzene rings is 2. The van der Waals surface area contributed by atoms with Crippen LogP contribution in [0.5, 0.6) is 11.5 Å². The number of allylic oxidation sites excluding steroid dienone is 2. The van der Waals surface area contributed by atoms with Crippen LogP contribution in [0.4, 0.5) is 0 Å². The molecule has 0 spiro atoms. The van der Waals surface area contributed by atoms with Gasteiger partial charge in [0.05, 0.1) is 39.6 Å². The summed E-state index contributed by atoms with van der Waals surface area (Å²) in [5, 5.41) is 0. The smallest absolute Gasteiger partial charge is 0.127 e. The molecule has 0 unspecified atom stereocenters. The van der Waals surface area contributed by atoms with Gasteiger partial charge in [-0.25, -0.2) is 0 Å². The second-order valence-corrected chi connectivity index (χ2v) is 7.44. The molecular formula is C28H28O5. The van der Waals surface area contributed by atoms with Gasteiger partial charge in [0, 0.05) is 24.0 Å². The first-order valence-corrected chi connectivity index (χ1v) is 11.3. The third-order valence-corrected chi connectivity index (χ3v) is 5.20. The Morgan fingerprint density at radius 2 is 0.939 bits per heavy atom. The Morgan fingerprint density at radius 3 is 1.39 bits per heavy atom. The minimum Gasteiger partial charge on any atom is -0.491 e. The van der Waals surface area contributed by atoms with Crippen LogP contribution in [0, 0.1) is 23.7 Å². The van der Waals surface area contributed by atoms with Crippen molar-refractivity contribution in [2.45, 2.75) is 12.8 Å². The predicted octanol–water partition coefficient (Wildman–Crippen LogP) is 3.84. The van der Waals surface area contributed by atoms with Crippen LogP contribution in [-0.4, -0.2) is 52.9 Å². The highest BCUT2D eigenvalue weighted by Gasteiger charge is 2.20. The van der Waals surface area contributed by atoms with Crippen LogP contribution in [0.25, 0.3) is 11.1 Å². The lowest BCUT2D eigenvalue weighted by Crippen LogP contribution is -2.14. The molecule has 2 aliphatic rings. The van der Waals surface area contributed by atoms with E-state index in [4.69, 9.17) is 23.7 Å². The normalized spacial score (nSPS) is 18.1. The standard InChI is InChI=1S/C28H28O5/c1-2-4-6-10-24-12-8-14-26-28(24)27-23(9-5-3-1)11-7-13-25(27)32-21-19-30-17-15-29-16-18-31-20-22-33-26/h1-2,7-8,11-14H,9-10,15-22H2/b2-1-. The van der Waals surface area contributed by atoms with Crippen LogP contribution in [0.1, 0.15) is 11.1 Å². The summed E-state index contributed by atoms with van der Waals surface area (Å²) >= 11 is 0. The van der Waals surface area contributed by atoms with Crippen molar-refractivity contribution in [2.24, 2.45) is 0 Å². The molecular weight excluding hydrogens is 416 g/mol. The minimum atomic E-state index is 0.437. The molecule has 170 valence electrons. The van der Waals surface area contributed by atoms with E-state index >= 15 is 0 Å². The summed E-state index contributed by atoms with van der Waals surface area (Å²) in [7, 11) is 0. The molecule has 1 heterocycles. The van der Waals surface area contributed by atoms with Crippen LogP contribution in [0.2, 0.25) is 0 Å². The van der Waals surface area contributed by atoms with Gasteiger partial charge in [-0.2, -0.15) is 0 Å². The maximum atomic E-state index is 6.22. The van der Waals surface area contributed by atoms with Crippen molar-refractivity contribution in [1.29, 1.82) is 0 Å². The van der Waals surface area contributed by atoms with Gasteiger partial charge in [0.25, 0.3) is 0 Å². The van der Waals surface area contributed by atoms with Crippen molar-refractivity contribution in [1.82, 2.24) is 0 Å². The maximum absolute atomic E-state index is 6.22. The van der Waals surface area contributed by atoms with Crippen molar-refractivity contribution < 1.29 is 23.7 Å². The number of rotatable bonds is 0. The molecule has 1 aliphatic heterocycles. The summed E-state index contributed by atoms with van der Waals surface area (Å²) in [6.07, 6.45) is 4.77. The average molecular weight is 445 g/mol. The van der Waals surface area contributed by atoms with Crippen molar-refractivity contribution >= 4 is 0 Å². The van der Waals surface area contributed by atoms with Gasteiger partial charge >= 0.3 is 0 Å². The molecule has 33 heavy (non-hydrogen) atoms. The average Bonchev–Trinajstić information content (AvgIpc) is 2.83. The molecule has 2 aromatic rings. The highest BCUT2D eigenvalue weighted by Crippen LogP contribution is 2.42. The molecule has 5 heteroatoms. The quantitative estimate of drug-likeness (QED) is 0.578. The van der Waals surface area contributed by atoms with Gasteiger partial charge in [-0.1, -0.05) is 47.9 Å². The topological polar surface area (TPSA) is 46.2 Å². The predicted molar refractivity (Wildman–Crippen MR) is 127 cm³/mol. The van der Waals surface area contributed by atoms with Crippen molar-refractivity contribution in [3.05, 3.63) is 59.7 Å². The first-order chi connectivity index (χ1) is 16.4. The SMILES string of the molecule is C1#CCc2cccc3c2-c2c(cccc2OCCOCCOCCOCCO3)CC#C/C=C\1. The Morgan fingerprint density at radius 1 is 0.515 bits per heavy atom. The molecule has 0 saturated heterocycles. The van der Waals surface area contributed by atoms with E-state index in [9.17, 15) is 0 Å². The zero-order valence-electron chi connectivity index (χ0n) is 18.7. The molecule has 1 aliphatic carbocycles. The molecule has 0 N–H and O–H groups in total. The molecule has 0 amide bonds. The Balaban J connectivity index is 1.78. The van der Waals surface area contributed by atoms with Crippen LogP contribution in [0.3, 0.4) is 0 Å². The fourth-order valence-electron chi connectivity index (χ4n) is 3.71. The summed E-state index contributed by atoms with van der Waals surface area (Å²) in [5.74, 6) is 14.2. The Labute approximate surface area is 195 Å². The highest BCUT2D eigenvalue weighted by molar-refractivity contribution is 5.82. The van der Waals surface area contributed by atoms with Crippen molar-refractivity contribution in [3.63, 3.8) is 0 Å². The largest absolute Gasteiger partial charge is 0.491 e. The van der Waals surface area contributed by atoms with Crippen LogP contribution in [0.15, 0.2) is 48.6 Å². The lowest BCUT2D eigenvalue weighted by molar-refractivity contribution is 0.00519. The van der Waals surface area contributed by atoms with E-state index in [1.54, 1.807) is 12.2 Å². The first kappa shape index (κ1) is 23.0. The van der Waals surface area contributed by atoms with Crippen molar-refractivity contribution in [3.8, 4) is 46.3 Å². The number of ether oxygens (including phenoxy) is 5. The van der Waals surface area contributed by atoms with E-state index in [0.29, 0.717) is 65.7 Å². The fourth-order valence-corrected chi connectivity index (χ4v) is 3.71. The molecule has 0 bridgehead atoms. The number of hydrogen-bond donors (Lipinski definition) is 0. The molecule has 0 aromatic heterocycles. The lowest BCUT2D eigenvalue weighted by atomic mass is 9.91. The Kier molecular flexibility index (Phi) is 8.85. The second-order valence-electron chi connectivity index (χ2n) is 7.44. The molecule has 2 aromatic carbocycles. The van der Waals surface area contributed by atoms with Gasteiger partial charge in [-0.15, -0.1) is 0 Å². The van der Waals surface area contributed by atoms with Gasteiger partial charge < -0.3 is 23.7 Å². The van der Waals surface area contributed by atoms with Gasteiger partial charge in [-0.3, -0.25) is 0 Å². The molecule has 0 atom stereocenters. The van der Waals surface area contributed by atoms with Crippen molar-refractivity contribution in [2.75, 3.05) is 52.9 Å². The third kappa shape index (κ3) is 6.63. The monoisotopic (exact) mass is 444 g/mol. The summed E-state index contributed by atoms with van der Waals surface area (Å²) < 4.78 is 29.3. The first-order valence-electron chi connectivity index (χ1n) is 11.3. The summed E-state index contributed by atoms with van der Waals surface area (Å²) in [6.45, 7) is 3.93. The second kappa shape index (κ2) is 12.7. The van der Waals surface area contributed by atoms with Crippen LogP contribution in [-0.2, 0) is 27.1 Å². The van der Waals surface area contributed by atoms with E-state index in [1.165, 1.54) is 0 Å². The lowest BCUT2D eigenvalue weighted by Gasteiger charge is -2.20. The van der Waals surface area contributed by atoms with Crippen LogP contribution >= 0.6 is 0 Å². The van der Waals surface area contributed by atoms with Gasteiger partial charge in [0.15, 0.2) is 0 Å². The molecule has 0 radical (unpaired) electrons.